The highest BCUT2D eigenvalue weighted by molar-refractivity contribution is 7.90. The van der Waals surface area contributed by atoms with Gasteiger partial charge in [0.1, 0.15) is 10.6 Å². The number of fused-ring (bicyclic) bond motifs is 2. The Bertz CT molecular complexity index is 1020. The zero-order valence-electron chi connectivity index (χ0n) is 20.4. The van der Waals surface area contributed by atoms with Crippen LogP contribution in [0.4, 0.5) is 13.2 Å². The molecule has 2 fully saturated rings. The van der Waals surface area contributed by atoms with Crippen LogP contribution < -0.4 is 10.0 Å². The number of carbonyl (C=O) groups is 1. The van der Waals surface area contributed by atoms with Gasteiger partial charge in [0, 0.05) is 43.0 Å². The number of hydrogen-bond donors (Lipinski definition) is 2. The number of nitrogens with one attached hydrogen (secondary N) is 2. The SMILES string of the molecule is CC(=O)NCCS(=O)(=O)N1C2CCC1CC([C@H](Cc1cc(F)c(F)cc1F)N[S@@+]([O-])C(C)(C)C)C2. The Balaban J connectivity index is 1.81. The van der Waals surface area contributed by atoms with Crippen molar-refractivity contribution in [2.45, 2.75) is 82.7 Å². The number of sulfonamides is 1. The van der Waals surface area contributed by atoms with E-state index >= 15 is 0 Å². The molecule has 4 atom stereocenters. The number of halogens is 3. The minimum absolute atomic E-state index is 0.00968. The number of nitrogens with zero attached hydrogens (tertiary/aromatic N) is 1. The lowest BCUT2D eigenvalue weighted by Gasteiger charge is -2.41. The number of hydrogen-bond acceptors (Lipinski definition) is 5. The second-order valence-corrected chi connectivity index (χ2v) is 14.4. The highest BCUT2D eigenvalue weighted by Crippen LogP contribution is 2.42. The van der Waals surface area contributed by atoms with Gasteiger partial charge >= 0.3 is 0 Å². The summed E-state index contributed by atoms with van der Waals surface area (Å²) in [5, 5.41) is 2.51. The molecule has 12 heteroatoms. The topological polar surface area (TPSA) is 102 Å². The molecule has 2 aliphatic rings. The molecular formula is C23H34F3N3O4S2. The van der Waals surface area contributed by atoms with E-state index in [1.165, 1.54) is 6.92 Å². The maximum Gasteiger partial charge on any atom is 0.216 e. The minimum atomic E-state index is -3.60. The van der Waals surface area contributed by atoms with E-state index in [0.717, 1.165) is 6.07 Å². The van der Waals surface area contributed by atoms with Crippen LogP contribution >= 0.6 is 0 Å². The third-order valence-corrected chi connectivity index (χ3v) is 10.3. The molecule has 0 saturated carbocycles. The van der Waals surface area contributed by atoms with Crippen LogP contribution in [0.1, 0.15) is 58.9 Å². The molecule has 198 valence electrons. The monoisotopic (exact) mass is 537 g/mol. The van der Waals surface area contributed by atoms with Gasteiger partial charge in [0.25, 0.3) is 0 Å². The van der Waals surface area contributed by atoms with Crippen molar-refractivity contribution in [3.63, 3.8) is 0 Å². The fraction of sp³-hybridized carbons (Fsp3) is 0.696. The van der Waals surface area contributed by atoms with E-state index in [9.17, 15) is 30.9 Å². The van der Waals surface area contributed by atoms with Gasteiger partial charge in [0.05, 0.1) is 11.8 Å². The maximum atomic E-state index is 14.5. The van der Waals surface area contributed by atoms with Gasteiger partial charge in [-0.1, -0.05) is 0 Å². The molecule has 1 amide bonds. The van der Waals surface area contributed by atoms with Crippen molar-refractivity contribution in [1.82, 2.24) is 14.3 Å². The molecule has 1 aromatic carbocycles. The van der Waals surface area contributed by atoms with Crippen LogP contribution in [-0.2, 0) is 32.6 Å². The van der Waals surface area contributed by atoms with Crippen LogP contribution in [-0.4, -0.2) is 58.4 Å². The number of rotatable bonds is 9. The van der Waals surface area contributed by atoms with Crippen LogP contribution in [0.3, 0.4) is 0 Å². The Morgan fingerprint density at radius 1 is 1.14 bits per heavy atom. The van der Waals surface area contributed by atoms with Gasteiger partial charge in [-0.3, -0.25) is 4.79 Å². The standard InChI is InChI=1S/C23H34F3N3O4S2/c1-14(30)27-7-8-35(32,33)29-17-5-6-18(29)10-16(9-17)22(28-34(31)23(2,3)4)12-15-11-20(25)21(26)13-19(15)24/h11,13,16-18,22,28H,5-10,12H2,1-4H3,(H,27,30)/t16?,17?,18?,22-,34-/m0/s1. The van der Waals surface area contributed by atoms with Crippen LogP contribution in [0.2, 0.25) is 0 Å². The first-order valence-electron chi connectivity index (χ1n) is 11.8. The maximum absolute atomic E-state index is 14.5. The molecule has 1 aromatic rings. The molecule has 2 heterocycles. The molecule has 3 rings (SSSR count). The van der Waals surface area contributed by atoms with Gasteiger partial charge in [-0.05, 0) is 70.4 Å². The van der Waals surface area contributed by atoms with E-state index in [1.54, 1.807) is 25.1 Å². The van der Waals surface area contributed by atoms with Gasteiger partial charge in [-0.25, -0.2) is 21.6 Å². The molecule has 2 saturated heterocycles. The molecule has 2 bridgehead atoms. The van der Waals surface area contributed by atoms with Crippen molar-refractivity contribution in [2.24, 2.45) is 5.92 Å². The van der Waals surface area contributed by atoms with Gasteiger partial charge in [0.2, 0.25) is 15.9 Å². The van der Waals surface area contributed by atoms with Crippen LogP contribution in [0, 0.1) is 23.4 Å². The molecule has 0 aromatic heterocycles. The predicted molar refractivity (Wildman–Crippen MR) is 129 cm³/mol. The van der Waals surface area contributed by atoms with Crippen LogP contribution in [0.15, 0.2) is 12.1 Å². The lowest BCUT2D eigenvalue weighted by Crippen LogP contribution is -2.54. The van der Waals surface area contributed by atoms with E-state index in [2.05, 4.69) is 10.0 Å². The summed E-state index contributed by atoms with van der Waals surface area (Å²) in [5.74, 6) is -3.94. The average molecular weight is 538 g/mol. The molecule has 2 unspecified atom stereocenters. The number of benzene rings is 1. The second kappa shape index (κ2) is 11.0. The number of amides is 1. The van der Waals surface area contributed by atoms with E-state index in [4.69, 9.17) is 0 Å². The Labute approximate surface area is 208 Å². The summed E-state index contributed by atoms with van der Waals surface area (Å²) >= 11 is -1.51. The van der Waals surface area contributed by atoms with Crippen LogP contribution in [0.25, 0.3) is 0 Å². The zero-order valence-corrected chi connectivity index (χ0v) is 22.1. The highest BCUT2D eigenvalue weighted by atomic mass is 32.2. The van der Waals surface area contributed by atoms with Gasteiger partial charge < -0.3 is 9.87 Å². The molecule has 2 aliphatic heterocycles. The summed E-state index contributed by atoms with van der Waals surface area (Å²) in [6.45, 7) is 6.73. The predicted octanol–water partition coefficient (Wildman–Crippen LogP) is 2.78. The molecule has 0 aliphatic carbocycles. The third-order valence-electron chi connectivity index (χ3n) is 6.67. The van der Waals surface area contributed by atoms with Gasteiger partial charge in [-0.15, -0.1) is 4.72 Å². The molecule has 35 heavy (non-hydrogen) atoms. The Morgan fingerprint density at radius 2 is 1.71 bits per heavy atom. The third kappa shape index (κ3) is 6.91. The van der Waals surface area contributed by atoms with E-state index < -0.39 is 49.6 Å². The highest BCUT2D eigenvalue weighted by Gasteiger charge is 2.49. The van der Waals surface area contributed by atoms with Crippen molar-refractivity contribution in [2.75, 3.05) is 12.3 Å². The molecule has 0 radical (unpaired) electrons. The van der Waals surface area contributed by atoms with Gasteiger partial charge in [-0.2, -0.15) is 4.31 Å². The zero-order chi connectivity index (χ0) is 26.1. The van der Waals surface area contributed by atoms with Crippen molar-refractivity contribution in [3.05, 3.63) is 35.1 Å². The summed E-state index contributed by atoms with van der Waals surface area (Å²) in [6, 6.07) is 0.291. The first-order chi connectivity index (χ1) is 16.2. The van der Waals surface area contributed by atoms with Crippen LogP contribution in [0.5, 0.6) is 0 Å². The number of carbonyl (C=O) groups excluding carboxylic acids is 1. The summed E-state index contributed by atoms with van der Waals surface area (Å²) in [4.78, 5) is 11.1. The lowest BCUT2D eigenvalue weighted by atomic mass is 9.83. The first kappa shape index (κ1) is 28.2. The quantitative estimate of drug-likeness (QED) is 0.373. The average Bonchev–Trinajstić information content (AvgIpc) is 3.01. The minimum Gasteiger partial charge on any atom is -0.598 e. The summed E-state index contributed by atoms with van der Waals surface area (Å²) in [5.41, 5.74) is -0.0231. The smallest absolute Gasteiger partial charge is 0.216 e. The Hall–Kier alpha value is -1.34. The lowest BCUT2D eigenvalue weighted by molar-refractivity contribution is -0.118. The second-order valence-electron chi connectivity index (χ2n) is 10.4. The van der Waals surface area contributed by atoms with E-state index in [-0.39, 0.29) is 48.2 Å². The molecule has 0 spiro atoms. The molecular weight excluding hydrogens is 503 g/mol. The first-order valence-corrected chi connectivity index (χ1v) is 14.5. The van der Waals surface area contributed by atoms with Crippen molar-refractivity contribution >= 4 is 27.3 Å². The normalized spacial score (nSPS) is 24.9. The van der Waals surface area contributed by atoms with Crippen molar-refractivity contribution < 1.29 is 30.9 Å². The van der Waals surface area contributed by atoms with Crippen molar-refractivity contribution in [1.29, 1.82) is 0 Å². The van der Waals surface area contributed by atoms with Crippen molar-refractivity contribution in [3.8, 4) is 0 Å². The summed E-state index contributed by atoms with van der Waals surface area (Å²) in [7, 11) is -3.60. The molecule has 7 nitrogen and oxygen atoms in total. The van der Waals surface area contributed by atoms with Gasteiger partial charge in [0.15, 0.2) is 11.6 Å². The number of piperidine rings is 1. The fourth-order valence-corrected chi connectivity index (χ4v) is 7.76. The largest absolute Gasteiger partial charge is 0.598 e. The van der Waals surface area contributed by atoms with E-state index in [0.29, 0.717) is 31.7 Å². The van der Waals surface area contributed by atoms with E-state index in [1.807, 2.05) is 0 Å². The Kier molecular flexibility index (Phi) is 8.84. The molecule has 2 N–H and O–H groups in total. The Morgan fingerprint density at radius 3 is 2.26 bits per heavy atom. The summed E-state index contributed by atoms with van der Waals surface area (Å²) < 4.78 is 84.7. The summed E-state index contributed by atoms with van der Waals surface area (Å²) in [6.07, 6.45) is 2.29. The fourth-order valence-electron chi connectivity index (χ4n) is 5.00.